The van der Waals surface area contributed by atoms with Crippen LogP contribution in [0.5, 0.6) is 0 Å². The fraction of sp³-hybridized carbons (Fsp3) is 0.333. The summed E-state index contributed by atoms with van der Waals surface area (Å²) in [7, 11) is 0. The monoisotopic (exact) mass is 274 g/mol. The molecule has 2 rings (SSSR count). The normalized spacial score (nSPS) is 10.5. The maximum Gasteiger partial charge on any atom is 0.134 e. The molecule has 0 unspecified atom stereocenters. The average Bonchev–Trinajstić information content (AvgIpc) is 2.45. The van der Waals surface area contributed by atoms with Crippen LogP contribution in [0, 0.1) is 5.82 Å². The minimum Gasteiger partial charge on any atom is -0.383 e. The molecule has 3 N–H and O–H groups in total. The number of nitrogen functional groups attached to an aromatic ring is 1. The van der Waals surface area contributed by atoms with Gasteiger partial charge in [0, 0.05) is 12.1 Å². The highest BCUT2D eigenvalue weighted by Gasteiger charge is 2.07. The van der Waals surface area contributed by atoms with Gasteiger partial charge in [0.2, 0.25) is 0 Å². The number of hydrogen-bond donors (Lipinski definition) is 2. The molecule has 1 aromatic heterocycles. The van der Waals surface area contributed by atoms with Crippen molar-refractivity contribution in [3.8, 4) is 0 Å². The largest absolute Gasteiger partial charge is 0.383 e. The fourth-order valence-corrected chi connectivity index (χ4v) is 2.05. The van der Waals surface area contributed by atoms with E-state index >= 15 is 0 Å². The van der Waals surface area contributed by atoms with E-state index < -0.39 is 0 Å². The Morgan fingerprint density at radius 3 is 2.60 bits per heavy atom. The number of rotatable bonds is 6. The number of nitrogens with two attached hydrogens (primary N) is 1. The molecule has 1 aromatic carbocycles. The highest BCUT2D eigenvalue weighted by Crippen LogP contribution is 2.18. The first-order valence-corrected chi connectivity index (χ1v) is 6.78. The van der Waals surface area contributed by atoms with Crippen molar-refractivity contribution in [1.29, 1.82) is 0 Å². The van der Waals surface area contributed by atoms with Gasteiger partial charge < -0.3 is 11.1 Å². The van der Waals surface area contributed by atoms with Crippen molar-refractivity contribution in [3.05, 3.63) is 47.5 Å². The number of nitrogens with zero attached hydrogens (tertiary/aromatic N) is 2. The van der Waals surface area contributed by atoms with E-state index in [2.05, 4.69) is 22.2 Å². The van der Waals surface area contributed by atoms with Crippen molar-refractivity contribution >= 4 is 11.6 Å². The van der Waals surface area contributed by atoms with Crippen molar-refractivity contribution in [2.45, 2.75) is 26.2 Å². The first-order chi connectivity index (χ1) is 9.70. The van der Waals surface area contributed by atoms with Gasteiger partial charge in [-0.25, -0.2) is 14.4 Å². The summed E-state index contributed by atoms with van der Waals surface area (Å²) >= 11 is 0. The molecule has 106 valence electrons. The predicted molar refractivity (Wildman–Crippen MR) is 79.0 cm³/mol. The van der Waals surface area contributed by atoms with Crippen molar-refractivity contribution in [2.75, 3.05) is 17.6 Å². The third kappa shape index (κ3) is 3.66. The Bertz CT molecular complexity index is 554. The van der Waals surface area contributed by atoms with Gasteiger partial charge in [-0.2, -0.15) is 0 Å². The van der Waals surface area contributed by atoms with Crippen LogP contribution in [0.4, 0.5) is 16.0 Å². The van der Waals surface area contributed by atoms with E-state index in [1.807, 2.05) is 0 Å². The minimum absolute atomic E-state index is 0.212. The quantitative estimate of drug-likeness (QED) is 0.850. The second-order valence-corrected chi connectivity index (χ2v) is 4.64. The first-order valence-electron chi connectivity index (χ1n) is 6.78. The lowest BCUT2D eigenvalue weighted by Gasteiger charge is -2.11. The van der Waals surface area contributed by atoms with Gasteiger partial charge in [-0.3, -0.25) is 0 Å². The third-order valence-corrected chi connectivity index (χ3v) is 3.10. The molecule has 0 bridgehead atoms. The van der Waals surface area contributed by atoms with E-state index in [1.54, 1.807) is 12.1 Å². The first kappa shape index (κ1) is 14.2. The molecule has 4 nitrogen and oxygen atoms in total. The van der Waals surface area contributed by atoms with E-state index in [0.717, 1.165) is 42.8 Å². The van der Waals surface area contributed by atoms with Gasteiger partial charge in [-0.1, -0.05) is 25.5 Å². The molecular weight excluding hydrogens is 255 g/mol. The lowest BCUT2D eigenvalue weighted by atomic mass is 10.1. The van der Waals surface area contributed by atoms with E-state index in [9.17, 15) is 4.39 Å². The maximum atomic E-state index is 12.8. The van der Waals surface area contributed by atoms with Crippen molar-refractivity contribution in [1.82, 2.24) is 9.97 Å². The van der Waals surface area contributed by atoms with E-state index in [1.165, 1.54) is 18.5 Å². The smallest absolute Gasteiger partial charge is 0.134 e. The third-order valence-electron chi connectivity index (χ3n) is 3.10. The van der Waals surface area contributed by atoms with Crippen LogP contribution in [0.25, 0.3) is 0 Å². The summed E-state index contributed by atoms with van der Waals surface area (Å²) in [5.41, 5.74) is 7.92. The van der Waals surface area contributed by atoms with Crippen molar-refractivity contribution < 1.29 is 4.39 Å². The Labute approximate surface area is 118 Å². The summed E-state index contributed by atoms with van der Waals surface area (Å²) in [4.78, 5) is 8.26. The lowest BCUT2D eigenvalue weighted by Crippen LogP contribution is -2.11. The summed E-state index contributed by atoms with van der Waals surface area (Å²) in [6.07, 6.45) is 4.11. The van der Waals surface area contributed by atoms with Gasteiger partial charge in [0.05, 0.1) is 0 Å². The number of nitrogens with one attached hydrogen (secondary N) is 1. The number of hydrogen-bond acceptors (Lipinski definition) is 4. The molecule has 2 aromatic rings. The van der Waals surface area contributed by atoms with Crippen LogP contribution < -0.4 is 11.1 Å². The summed E-state index contributed by atoms with van der Waals surface area (Å²) < 4.78 is 12.8. The molecule has 0 radical (unpaired) electrons. The molecule has 5 heteroatoms. The van der Waals surface area contributed by atoms with Gasteiger partial charge in [-0.15, -0.1) is 0 Å². The van der Waals surface area contributed by atoms with Gasteiger partial charge in [0.1, 0.15) is 23.8 Å². The Kier molecular flexibility index (Phi) is 4.87. The molecule has 0 aliphatic rings. The zero-order chi connectivity index (χ0) is 14.4. The summed E-state index contributed by atoms with van der Waals surface area (Å²) in [6.45, 7) is 2.81. The van der Waals surface area contributed by atoms with Crippen molar-refractivity contribution in [3.63, 3.8) is 0 Å². The highest BCUT2D eigenvalue weighted by atomic mass is 19.1. The number of anilines is 2. The van der Waals surface area contributed by atoms with Crippen molar-refractivity contribution in [2.24, 2.45) is 0 Å². The molecule has 0 fully saturated rings. The summed E-state index contributed by atoms with van der Waals surface area (Å²) in [5.74, 6) is 1.11. The Balaban J connectivity index is 1.97. The maximum absolute atomic E-state index is 12.8. The van der Waals surface area contributed by atoms with Crippen LogP contribution in [-0.4, -0.2) is 16.5 Å². The molecule has 0 atom stereocenters. The Hall–Kier alpha value is -2.17. The minimum atomic E-state index is -0.212. The predicted octanol–water partition coefficient (Wildman–Crippen LogP) is 2.81. The van der Waals surface area contributed by atoms with Crippen LogP contribution in [0.2, 0.25) is 0 Å². The molecule has 20 heavy (non-hydrogen) atoms. The number of halogens is 1. The van der Waals surface area contributed by atoms with Crippen LogP contribution in [0.1, 0.15) is 24.5 Å². The standard InChI is InChI=1S/C15H19FN4/c1-2-3-13-14(17)19-10-20-15(13)18-9-8-11-4-6-12(16)7-5-11/h4-7,10H,2-3,8-9H2,1H3,(H3,17,18,19,20). The topological polar surface area (TPSA) is 63.8 Å². The van der Waals surface area contributed by atoms with E-state index in [4.69, 9.17) is 5.73 Å². The Morgan fingerprint density at radius 1 is 1.15 bits per heavy atom. The average molecular weight is 274 g/mol. The zero-order valence-corrected chi connectivity index (χ0v) is 11.6. The second-order valence-electron chi connectivity index (χ2n) is 4.64. The molecule has 0 aliphatic carbocycles. The van der Waals surface area contributed by atoms with E-state index in [-0.39, 0.29) is 5.82 Å². The lowest BCUT2D eigenvalue weighted by molar-refractivity contribution is 0.627. The number of aromatic nitrogens is 2. The number of benzene rings is 1. The SMILES string of the molecule is CCCc1c(N)ncnc1NCCc1ccc(F)cc1. The van der Waals surface area contributed by atoms with Crippen LogP contribution in [-0.2, 0) is 12.8 Å². The second kappa shape index (κ2) is 6.84. The molecular formula is C15H19FN4. The molecule has 0 aliphatic heterocycles. The summed E-state index contributed by atoms with van der Waals surface area (Å²) in [5, 5.41) is 3.28. The van der Waals surface area contributed by atoms with Gasteiger partial charge in [0.25, 0.3) is 0 Å². The summed E-state index contributed by atoms with van der Waals surface area (Å²) in [6, 6.07) is 6.53. The molecule has 0 spiro atoms. The highest BCUT2D eigenvalue weighted by molar-refractivity contribution is 5.55. The van der Waals surface area contributed by atoms with Crippen LogP contribution >= 0.6 is 0 Å². The van der Waals surface area contributed by atoms with Gasteiger partial charge >= 0.3 is 0 Å². The molecule has 0 amide bonds. The fourth-order valence-electron chi connectivity index (χ4n) is 2.05. The van der Waals surface area contributed by atoms with Crippen LogP contribution in [0.3, 0.4) is 0 Å². The Morgan fingerprint density at radius 2 is 1.90 bits per heavy atom. The van der Waals surface area contributed by atoms with E-state index in [0.29, 0.717) is 5.82 Å². The molecule has 1 heterocycles. The van der Waals surface area contributed by atoms with Gasteiger partial charge in [0.15, 0.2) is 0 Å². The van der Waals surface area contributed by atoms with Crippen LogP contribution in [0.15, 0.2) is 30.6 Å². The van der Waals surface area contributed by atoms with Gasteiger partial charge in [-0.05, 0) is 30.5 Å². The zero-order valence-electron chi connectivity index (χ0n) is 11.6. The molecule has 0 saturated carbocycles. The molecule has 0 saturated heterocycles.